The highest BCUT2D eigenvalue weighted by Crippen LogP contribution is 2.28. The summed E-state index contributed by atoms with van der Waals surface area (Å²) in [5.41, 5.74) is 2.35. The first-order valence-corrected chi connectivity index (χ1v) is 8.14. The van der Waals surface area contributed by atoms with Crippen LogP contribution in [0.2, 0.25) is 0 Å². The third-order valence-electron chi connectivity index (χ3n) is 5.13. The van der Waals surface area contributed by atoms with E-state index in [1.807, 2.05) is 6.07 Å². The number of rotatable bonds is 3. The van der Waals surface area contributed by atoms with Crippen molar-refractivity contribution in [2.45, 2.75) is 32.2 Å². The highest BCUT2D eigenvalue weighted by atomic mass is 16.3. The van der Waals surface area contributed by atoms with Crippen LogP contribution in [0, 0.1) is 5.92 Å². The highest BCUT2D eigenvalue weighted by Gasteiger charge is 2.35. The summed E-state index contributed by atoms with van der Waals surface area (Å²) in [5, 5.41) is 4.18. The molecular weight excluding hydrogens is 278 g/mol. The molecule has 0 unspecified atom stereocenters. The van der Waals surface area contributed by atoms with Gasteiger partial charge in [-0.2, -0.15) is 0 Å². The van der Waals surface area contributed by atoms with Crippen LogP contribution in [-0.2, 0) is 6.42 Å². The molecule has 2 bridgehead atoms. The number of nitrogens with one attached hydrogen (secondary N) is 1. The van der Waals surface area contributed by atoms with E-state index in [4.69, 9.17) is 4.42 Å². The number of pyridine rings is 1. The molecule has 0 spiro atoms. The number of hydrogen-bond acceptors (Lipinski definition) is 4. The number of furan rings is 1. The fourth-order valence-electron chi connectivity index (χ4n) is 3.75. The molecule has 2 aromatic rings. The average Bonchev–Trinajstić information content (AvgIpc) is 2.98. The summed E-state index contributed by atoms with van der Waals surface area (Å²) in [5.74, 6) is 0.557. The maximum atomic E-state index is 12.5. The summed E-state index contributed by atoms with van der Waals surface area (Å²) >= 11 is 0. The monoisotopic (exact) mass is 299 g/mol. The molecule has 1 amide bonds. The summed E-state index contributed by atoms with van der Waals surface area (Å²) in [6, 6.07) is 2.12. The third-order valence-corrected chi connectivity index (χ3v) is 5.13. The van der Waals surface area contributed by atoms with Gasteiger partial charge in [0.25, 0.3) is 5.91 Å². The number of amides is 1. The van der Waals surface area contributed by atoms with E-state index in [0.717, 1.165) is 29.5 Å². The van der Waals surface area contributed by atoms with Crippen molar-refractivity contribution < 1.29 is 9.21 Å². The fraction of sp³-hybridized carbons (Fsp3) is 0.529. The SMILES string of the molecule is CCc1coc2cnc(C(=O)N[C@H]3CN4CCC3CC4)cc12. The van der Waals surface area contributed by atoms with Crippen LogP contribution >= 0.6 is 0 Å². The molecule has 0 saturated carbocycles. The topological polar surface area (TPSA) is 58.4 Å². The van der Waals surface area contributed by atoms with Gasteiger partial charge in [0.15, 0.2) is 5.58 Å². The number of carbonyl (C=O) groups is 1. The zero-order valence-corrected chi connectivity index (χ0v) is 12.8. The number of fused-ring (bicyclic) bond motifs is 4. The predicted molar refractivity (Wildman–Crippen MR) is 83.8 cm³/mol. The van der Waals surface area contributed by atoms with Gasteiger partial charge in [0.05, 0.1) is 12.5 Å². The van der Waals surface area contributed by atoms with Crippen LogP contribution in [0.25, 0.3) is 11.0 Å². The zero-order valence-electron chi connectivity index (χ0n) is 12.8. The number of carbonyl (C=O) groups excluding carboxylic acids is 1. The number of piperidine rings is 3. The van der Waals surface area contributed by atoms with Crippen molar-refractivity contribution in [3.05, 3.63) is 29.8 Å². The van der Waals surface area contributed by atoms with Crippen LogP contribution in [0.1, 0.15) is 35.8 Å². The van der Waals surface area contributed by atoms with Crippen LogP contribution in [0.3, 0.4) is 0 Å². The van der Waals surface area contributed by atoms with E-state index in [1.54, 1.807) is 12.5 Å². The van der Waals surface area contributed by atoms with Crippen LogP contribution in [-0.4, -0.2) is 41.5 Å². The smallest absolute Gasteiger partial charge is 0.270 e. The Morgan fingerprint density at radius 3 is 2.95 bits per heavy atom. The summed E-state index contributed by atoms with van der Waals surface area (Å²) in [6.07, 6.45) is 6.68. The summed E-state index contributed by atoms with van der Waals surface area (Å²) in [4.78, 5) is 19.2. The second-order valence-electron chi connectivity index (χ2n) is 6.40. The number of aryl methyl sites for hydroxylation is 1. The van der Waals surface area contributed by atoms with Gasteiger partial charge in [0, 0.05) is 18.0 Å². The molecule has 2 aromatic heterocycles. The van der Waals surface area contributed by atoms with Gasteiger partial charge in [0.2, 0.25) is 0 Å². The van der Waals surface area contributed by atoms with Crippen LogP contribution in [0.4, 0.5) is 0 Å². The van der Waals surface area contributed by atoms with Gasteiger partial charge in [-0.25, -0.2) is 4.98 Å². The van der Waals surface area contributed by atoms with E-state index >= 15 is 0 Å². The zero-order chi connectivity index (χ0) is 15.1. The third kappa shape index (κ3) is 2.29. The Balaban J connectivity index is 1.55. The lowest BCUT2D eigenvalue weighted by Crippen LogP contribution is -2.57. The molecule has 5 rings (SSSR count). The number of hydrogen-bond donors (Lipinski definition) is 1. The number of aromatic nitrogens is 1. The van der Waals surface area contributed by atoms with E-state index in [0.29, 0.717) is 11.6 Å². The Bertz CT molecular complexity index is 701. The molecule has 0 aliphatic carbocycles. The van der Waals surface area contributed by atoms with Gasteiger partial charge >= 0.3 is 0 Å². The first kappa shape index (κ1) is 13.8. The summed E-state index contributed by atoms with van der Waals surface area (Å²) < 4.78 is 5.46. The largest absolute Gasteiger partial charge is 0.462 e. The standard InChI is InChI=1S/C17H21N3O2/c1-2-11-10-22-16-8-18-14(7-13(11)16)17(21)19-15-9-20-5-3-12(15)4-6-20/h7-8,10,12,15H,2-6,9H2,1H3,(H,19,21)/t15-/m0/s1. The van der Waals surface area contributed by atoms with Gasteiger partial charge in [-0.3, -0.25) is 4.79 Å². The minimum absolute atomic E-state index is 0.0658. The molecule has 3 aliphatic heterocycles. The van der Waals surface area contributed by atoms with E-state index in [9.17, 15) is 4.79 Å². The molecule has 3 fully saturated rings. The molecule has 3 aliphatic rings. The molecular formula is C17H21N3O2. The lowest BCUT2D eigenvalue weighted by atomic mass is 9.84. The summed E-state index contributed by atoms with van der Waals surface area (Å²) in [7, 11) is 0. The lowest BCUT2D eigenvalue weighted by Gasteiger charge is -2.44. The molecule has 1 N–H and O–H groups in total. The van der Waals surface area contributed by atoms with Crippen LogP contribution in [0.5, 0.6) is 0 Å². The first-order valence-electron chi connectivity index (χ1n) is 8.14. The molecule has 22 heavy (non-hydrogen) atoms. The quantitative estimate of drug-likeness (QED) is 0.944. The van der Waals surface area contributed by atoms with Gasteiger partial charge < -0.3 is 14.6 Å². The van der Waals surface area contributed by atoms with Gasteiger partial charge in [-0.15, -0.1) is 0 Å². The van der Waals surface area contributed by atoms with Crippen molar-refractivity contribution in [3.8, 4) is 0 Å². The van der Waals surface area contributed by atoms with Gasteiger partial charge in [0.1, 0.15) is 5.69 Å². The maximum absolute atomic E-state index is 12.5. The summed E-state index contributed by atoms with van der Waals surface area (Å²) in [6.45, 7) is 5.41. The van der Waals surface area contributed by atoms with Crippen LogP contribution < -0.4 is 5.32 Å². The Morgan fingerprint density at radius 2 is 2.27 bits per heavy atom. The average molecular weight is 299 g/mol. The number of nitrogens with zero attached hydrogens (tertiary/aromatic N) is 2. The van der Waals surface area contributed by atoms with Crippen molar-refractivity contribution >= 4 is 16.9 Å². The minimum atomic E-state index is -0.0658. The predicted octanol–water partition coefficient (Wildman–Crippen LogP) is 2.21. The van der Waals surface area contributed by atoms with Crippen molar-refractivity contribution in [2.24, 2.45) is 5.92 Å². The molecule has 5 heterocycles. The molecule has 1 atom stereocenters. The molecule has 5 heteroatoms. The molecule has 5 nitrogen and oxygen atoms in total. The first-order chi connectivity index (χ1) is 10.7. The van der Waals surface area contributed by atoms with Crippen molar-refractivity contribution in [1.82, 2.24) is 15.2 Å². The molecule has 116 valence electrons. The van der Waals surface area contributed by atoms with Crippen molar-refractivity contribution in [3.63, 3.8) is 0 Å². The highest BCUT2D eigenvalue weighted by molar-refractivity contribution is 5.96. The van der Waals surface area contributed by atoms with Crippen molar-refractivity contribution in [2.75, 3.05) is 19.6 Å². The molecule has 3 saturated heterocycles. The molecule has 0 radical (unpaired) electrons. The van der Waals surface area contributed by atoms with E-state index in [2.05, 4.69) is 22.1 Å². The Morgan fingerprint density at radius 1 is 1.45 bits per heavy atom. The van der Waals surface area contributed by atoms with Crippen LogP contribution in [0.15, 0.2) is 22.9 Å². The van der Waals surface area contributed by atoms with E-state index < -0.39 is 0 Å². The second kappa shape index (κ2) is 5.39. The Labute approximate surface area is 129 Å². The maximum Gasteiger partial charge on any atom is 0.270 e. The van der Waals surface area contributed by atoms with Gasteiger partial charge in [-0.1, -0.05) is 6.92 Å². The van der Waals surface area contributed by atoms with Gasteiger partial charge in [-0.05, 0) is 49.9 Å². The lowest BCUT2D eigenvalue weighted by molar-refractivity contribution is 0.0618. The minimum Gasteiger partial charge on any atom is -0.462 e. The Hall–Kier alpha value is -1.88. The fourth-order valence-corrected chi connectivity index (χ4v) is 3.75. The van der Waals surface area contributed by atoms with E-state index in [1.165, 1.54) is 25.9 Å². The van der Waals surface area contributed by atoms with E-state index in [-0.39, 0.29) is 11.9 Å². The molecule has 0 aromatic carbocycles. The second-order valence-corrected chi connectivity index (χ2v) is 6.40. The Kier molecular flexibility index (Phi) is 3.37. The van der Waals surface area contributed by atoms with Crippen molar-refractivity contribution in [1.29, 1.82) is 0 Å². The normalized spacial score (nSPS) is 27.2.